The molecule has 0 unspecified atom stereocenters. The molecule has 5 nitrogen and oxygen atoms in total. The minimum absolute atomic E-state index is 0. The Bertz CT molecular complexity index is 692. The number of guanidine groups is 1. The second kappa shape index (κ2) is 9.86. The van der Waals surface area contributed by atoms with E-state index in [0.717, 1.165) is 43.4 Å². The summed E-state index contributed by atoms with van der Waals surface area (Å²) in [6.07, 6.45) is 1.95. The van der Waals surface area contributed by atoms with Gasteiger partial charge in [-0.25, -0.2) is 0 Å². The molecule has 1 aromatic carbocycles. The van der Waals surface area contributed by atoms with Gasteiger partial charge in [0, 0.05) is 32.1 Å². The summed E-state index contributed by atoms with van der Waals surface area (Å²) < 4.78 is 10.8. The zero-order chi connectivity index (χ0) is 16.8. The number of likely N-dealkylation sites (N-methyl/N-ethyl adjacent to an activating group) is 1. The van der Waals surface area contributed by atoms with Gasteiger partial charge in [0.05, 0.1) is 0 Å². The van der Waals surface area contributed by atoms with Crippen LogP contribution < -0.4 is 14.8 Å². The highest BCUT2D eigenvalue weighted by atomic mass is 127. The summed E-state index contributed by atoms with van der Waals surface area (Å²) in [5.41, 5.74) is 1.23. The van der Waals surface area contributed by atoms with Crippen molar-refractivity contribution >= 4 is 41.3 Å². The van der Waals surface area contributed by atoms with Crippen LogP contribution in [-0.4, -0.2) is 44.8 Å². The summed E-state index contributed by atoms with van der Waals surface area (Å²) in [6.45, 7) is 2.10. The van der Waals surface area contributed by atoms with E-state index in [4.69, 9.17) is 9.47 Å². The first-order valence-electron chi connectivity index (χ1n) is 8.09. The van der Waals surface area contributed by atoms with Crippen LogP contribution in [0.2, 0.25) is 0 Å². The molecule has 1 N–H and O–H groups in total. The fourth-order valence-electron chi connectivity index (χ4n) is 2.64. The lowest BCUT2D eigenvalue weighted by molar-refractivity contribution is 0.174. The minimum atomic E-state index is 0. The van der Waals surface area contributed by atoms with Crippen molar-refractivity contribution in [2.45, 2.75) is 12.8 Å². The van der Waals surface area contributed by atoms with Gasteiger partial charge in [0.1, 0.15) is 0 Å². The molecule has 3 rings (SSSR count). The lowest BCUT2D eigenvalue weighted by Crippen LogP contribution is -2.40. The second-order valence-corrected chi connectivity index (χ2v) is 6.69. The molecule has 7 heteroatoms. The zero-order valence-corrected chi connectivity index (χ0v) is 17.7. The summed E-state index contributed by atoms with van der Waals surface area (Å²) in [7, 11) is 3.90. The van der Waals surface area contributed by atoms with Gasteiger partial charge >= 0.3 is 0 Å². The number of rotatable bonds is 6. The standard InChI is InChI=1S/C18H23N3O2S.HI/c1-19-18(21(2)10-8-15-4-3-11-24-15)20-9-7-14-5-6-16-17(12-14)23-13-22-16;/h3-6,11-12H,7-10,13H2,1-2H3,(H,19,20);1H. The van der Waals surface area contributed by atoms with Gasteiger partial charge in [-0.15, -0.1) is 35.3 Å². The Hall–Kier alpha value is -1.48. The van der Waals surface area contributed by atoms with E-state index < -0.39 is 0 Å². The normalized spacial score (nSPS) is 12.6. The molecule has 0 radical (unpaired) electrons. The van der Waals surface area contributed by atoms with Gasteiger partial charge in [-0.05, 0) is 42.0 Å². The van der Waals surface area contributed by atoms with E-state index in [0.29, 0.717) is 6.79 Å². The average molecular weight is 473 g/mol. The SMILES string of the molecule is CN=C(NCCc1ccc2c(c1)OCO2)N(C)CCc1cccs1.I. The molecule has 0 fully saturated rings. The average Bonchev–Trinajstić information content (AvgIpc) is 3.27. The molecule has 0 saturated heterocycles. The molecule has 2 aromatic rings. The smallest absolute Gasteiger partial charge is 0.231 e. The molecular formula is C18H24IN3O2S. The number of benzene rings is 1. The van der Waals surface area contributed by atoms with Crippen LogP contribution in [0.4, 0.5) is 0 Å². The van der Waals surface area contributed by atoms with Crippen molar-refractivity contribution in [2.75, 3.05) is 34.0 Å². The van der Waals surface area contributed by atoms with Crippen molar-refractivity contribution in [3.8, 4) is 11.5 Å². The Morgan fingerprint density at radius 3 is 2.84 bits per heavy atom. The number of halogens is 1. The highest BCUT2D eigenvalue weighted by Gasteiger charge is 2.13. The third kappa shape index (κ3) is 5.50. The van der Waals surface area contributed by atoms with E-state index in [1.165, 1.54) is 10.4 Å². The van der Waals surface area contributed by atoms with Gasteiger partial charge in [0.25, 0.3) is 0 Å². The highest BCUT2D eigenvalue weighted by Crippen LogP contribution is 2.32. The molecular weight excluding hydrogens is 449 g/mol. The number of fused-ring (bicyclic) bond motifs is 1. The number of hydrogen-bond acceptors (Lipinski definition) is 4. The largest absolute Gasteiger partial charge is 0.454 e. The number of hydrogen-bond donors (Lipinski definition) is 1. The van der Waals surface area contributed by atoms with Gasteiger partial charge in [0.15, 0.2) is 17.5 Å². The van der Waals surface area contributed by atoms with E-state index >= 15 is 0 Å². The van der Waals surface area contributed by atoms with Crippen molar-refractivity contribution in [1.29, 1.82) is 0 Å². The number of nitrogens with zero attached hydrogens (tertiary/aromatic N) is 2. The fraction of sp³-hybridized carbons (Fsp3) is 0.389. The van der Waals surface area contributed by atoms with Crippen LogP contribution in [0.15, 0.2) is 40.7 Å². The van der Waals surface area contributed by atoms with Crippen molar-refractivity contribution < 1.29 is 9.47 Å². The van der Waals surface area contributed by atoms with Crippen LogP contribution in [0.25, 0.3) is 0 Å². The third-order valence-electron chi connectivity index (χ3n) is 3.98. The molecule has 2 heterocycles. The maximum Gasteiger partial charge on any atom is 0.231 e. The maximum atomic E-state index is 5.42. The van der Waals surface area contributed by atoms with Crippen LogP contribution in [0.1, 0.15) is 10.4 Å². The van der Waals surface area contributed by atoms with E-state index in [-0.39, 0.29) is 24.0 Å². The Morgan fingerprint density at radius 1 is 1.24 bits per heavy atom. The number of nitrogens with one attached hydrogen (secondary N) is 1. The van der Waals surface area contributed by atoms with Crippen molar-refractivity contribution in [3.63, 3.8) is 0 Å². The first-order valence-corrected chi connectivity index (χ1v) is 8.97. The highest BCUT2D eigenvalue weighted by molar-refractivity contribution is 14.0. The molecule has 0 spiro atoms. The van der Waals surface area contributed by atoms with Gasteiger partial charge in [-0.1, -0.05) is 12.1 Å². The molecule has 1 aliphatic heterocycles. The Kier molecular flexibility index (Phi) is 7.83. The topological polar surface area (TPSA) is 46.1 Å². The summed E-state index contributed by atoms with van der Waals surface area (Å²) in [5, 5.41) is 5.54. The van der Waals surface area contributed by atoms with E-state index in [1.54, 1.807) is 11.3 Å². The number of thiophene rings is 1. The van der Waals surface area contributed by atoms with Gasteiger partial charge in [0.2, 0.25) is 6.79 Å². The molecule has 25 heavy (non-hydrogen) atoms. The van der Waals surface area contributed by atoms with Crippen LogP contribution in [0.3, 0.4) is 0 Å². The third-order valence-corrected chi connectivity index (χ3v) is 4.92. The van der Waals surface area contributed by atoms with Crippen LogP contribution in [0, 0.1) is 0 Å². The minimum Gasteiger partial charge on any atom is -0.454 e. The molecule has 0 amide bonds. The quantitative estimate of drug-likeness (QED) is 0.397. The lowest BCUT2D eigenvalue weighted by atomic mass is 10.1. The Morgan fingerprint density at radius 2 is 2.08 bits per heavy atom. The summed E-state index contributed by atoms with van der Waals surface area (Å²) in [5.74, 6) is 2.59. The van der Waals surface area contributed by atoms with Crippen molar-refractivity contribution in [3.05, 3.63) is 46.2 Å². The van der Waals surface area contributed by atoms with E-state index in [2.05, 4.69) is 45.8 Å². The summed E-state index contributed by atoms with van der Waals surface area (Å²) in [6, 6.07) is 10.4. The number of ether oxygens (including phenoxy) is 2. The van der Waals surface area contributed by atoms with Gasteiger partial charge in [-0.3, -0.25) is 4.99 Å². The first-order chi connectivity index (χ1) is 11.8. The first kappa shape index (κ1) is 19.8. The number of aliphatic imine (C=N–C) groups is 1. The second-order valence-electron chi connectivity index (χ2n) is 5.66. The van der Waals surface area contributed by atoms with Crippen molar-refractivity contribution in [2.24, 2.45) is 4.99 Å². The molecule has 0 bridgehead atoms. The predicted octanol–water partition coefficient (Wildman–Crippen LogP) is 3.39. The van der Waals surface area contributed by atoms with Crippen LogP contribution >= 0.6 is 35.3 Å². The maximum absolute atomic E-state index is 5.42. The summed E-state index contributed by atoms with van der Waals surface area (Å²) >= 11 is 1.80. The Balaban J connectivity index is 0.00000225. The zero-order valence-electron chi connectivity index (χ0n) is 14.5. The van der Waals surface area contributed by atoms with E-state index in [1.807, 2.05) is 19.2 Å². The molecule has 0 aliphatic carbocycles. The lowest BCUT2D eigenvalue weighted by Gasteiger charge is -2.21. The van der Waals surface area contributed by atoms with Gasteiger partial charge in [-0.2, -0.15) is 0 Å². The molecule has 0 atom stereocenters. The molecule has 136 valence electrons. The molecule has 1 aliphatic rings. The summed E-state index contributed by atoms with van der Waals surface area (Å²) in [4.78, 5) is 7.93. The monoisotopic (exact) mass is 473 g/mol. The van der Waals surface area contributed by atoms with E-state index in [9.17, 15) is 0 Å². The molecule has 0 saturated carbocycles. The van der Waals surface area contributed by atoms with Gasteiger partial charge < -0.3 is 19.7 Å². The van der Waals surface area contributed by atoms with Crippen LogP contribution in [-0.2, 0) is 12.8 Å². The van der Waals surface area contributed by atoms with Crippen LogP contribution in [0.5, 0.6) is 11.5 Å². The fourth-order valence-corrected chi connectivity index (χ4v) is 3.34. The van der Waals surface area contributed by atoms with Crippen molar-refractivity contribution in [1.82, 2.24) is 10.2 Å². The Labute approximate surface area is 170 Å². The predicted molar refractivity (Wildman–Crippen MR) is 114 cm³/mol. The molecule has 1 aromatic heterocycles.